The molecule has 0 aliphatic heterocycles. The van der Waals surface area contributed by atoms with Crippen LogP contribution in [0.2, 0.25) is 5.02 Å². The van der Waals surface area contributed by atoms with Gasteiger partial charge >= 0.3 is 0 Å². The molecule has 0 aliphatic carbocycles. The third kappa shape index (κ3) is 5.50. The van der Waals surface area contributed by atoms with E-state index in [1.54, 1.807) is 28.6 Å². The molecule has 0 aliphatic rings. The summed E-state index contributed by atoms with van der Waals surface area (Å²) in [5.41, 5.74) is 2.90. The third-order valence-corrected chi connectivity index (χ3v) is 6.19. The molecule has 2 heterocycles. The van der Waals surface area contributed by atoms with Gasteiger partial charge in [-0.2, -0.15) is 15.0 Å². The van der Waals surface area contributed by atoms with Crippen LogP contribution in [-0.2, 0) is 20.1 Å². The van der Waals surface area contributed by atoms with Crippen LogP contribution in [0.25, 0.3) is 11.3 Å². The van der Waals surface area contributed by atoms with Gasteiger partial charge in [-0.15, -0.1) is 5.10 Å². The monoisotopic (exact) mass is 472 g/mol. The minimum Gasteiger partial charge on any atom is -0.311 e. The molecule has 0 spiro atoms. The first-order valence-electron chi connectivity index (χ1n) is 10.1. The Morgan fingerprint density at radius 2 is 1.94 bits per heavy atom. The lowest BCUT2D eigenvalue weighted by atomic mass is 10.1. The van der Waals surface area contributed by atoms with Crippen LogP contribution in [0, 0.1) is 5.82 Å². The molecule has 2 aromatic heterocycles. The molecule has 0 atom stereocenters. The van der Waals surface area contributed by atoms with E-state index in [9.17, 15) is 4.39 Å². The van der Waals surface area contributed by atoms with Gasteiger partial charge < -0.3 is 5.32 Å². The van der Waals surface area contributed by atoms with Gasteiger partial charge in [0.1, 0.15) is 17.2 Å². The Hall–Kier alpha value is -2.82. The van der Waals surface area contributed by atoms with Gasteiger partial charge in [0.15, 0.2) is 0 Å². The summed E-state index contributed by atoms with van der Waals surface area (Å²) < 4.78 is 15.9. The van der Waals surface area contributed by atoms with Crippen molar-refractivity contribution in [3.63, 3.8) is 0 Å². The highest BCUT2D eigenvalue weighted by molar-refractivity contribution is 7.99. The van der Waals surface area contributed by atoms with Crippen LogP contribution >= 0.6 is 23.4 Å². The van der Waals surface area contributed by atoms with Gasteiger partial charge in [-0.1, -0.05) is 59.8 Å². The van der Waals surface area contributed by atoms with Crippen molar-refractivity contribution in [1.82, 2.24) is 40.5 Å². The highest BCUT2D eigenvalue weighted by Gasteiger charge is 2.15. The van der Waals surface area contributed by atoms with Crippen molar-refractivity contribution in [3.05, 3.63) is 70.6 Å². The molecule has 0 fully saturated rings. The Morgan fingerprint density at radius 1 is 1.09 bits per heavy atom. The topological polar surface area (TPSA) is 86.3 Å². The Balaban J connectivity index is 1.41. The third-order valence-electron chi connectivity index (χ3n) is 4.74. The highest BCUT2D eigenvalue weighted by atomic mass is 35.5. The van der Waals surface area contributed by atoms with Crippen molar-refractivity contribution >= 4 is 23.4 Å². The quantitative estimate of drug-likeness (QED) is 0.279. The lowest BCUT2D eigenvalue weighted by Gasteiger charge is -2.05. The second-order valence-electron chi connectivity index (χ2n) is 7.06. The van der Waals surface area contributed by atoms with Gasteiger partial charge in [0, 0.05) is 35.5 Å². The number of rotatable bonds is 10. The van der Waals surface area contributed by atoms with Crippen LogP contribution in [0.15, 0.2) is 53.7 Å². The minimum absolute atomic E-state index is 0.160. The summed E-state index contributed by atoms with van der Waals surface area (Å²) in [6, 6.07) is 14.5. The van der Waals surface area contributed by atoms with E-state index in [2.05, 4.69) is 31.0 Å². The van der Waals surface area contributed by atoms with E-state index in [4.69, 9.17) is 11.6 Å². The smallest absolute Gasteiger partial charge is 0.209 e. The highest BCUT2D eigenvalue weighted by Crippen LogP contribution is 2.23. The maximum Gasteiger partial charge on any atom is 0.209 e. The van der Waals surface area contributed by atoms with Crippen LogP contribution < -0.4 is 5.32 Å². The molecule has 166 valence electrons. The van der Waals surface area contributed by atoms with Crippen LogP contribution in [-0.4, -0.2) is 47.5 Å². The number of hydrogen-bond acceptors (Lipinski definition) is 7. The second kappa shape index (κ2) is 10.7. The van der Waals surface area contributed by atoms with Gasteiger partial charge in [0.25, 0.3) is 0 Å². The van der Waals surface area contributed by atoms with Crippen LogP contribution in [0.1, 0.15) is 17.7 Å². The lowest BCUT2D eigenvalue weighted by Crippen LogP contribution is -2.16. The minimum atomic E-state index is -0.369. The van der Waals surface area contributed by atoms with Crippen LogP contribution in [0.3, 0.4) is 0 Å². The predicted octanol–water partition coefficient (Wildman–Crippen LogP) is 3.58. The summed E-state index contributed by atoms with van der Waals surface area (Å²) in [4.78, 5) is 1.50. The average Bonchev–Trinajstić information content (AvgIpc) is 3.39. The van der Waals surface area contributed by atoms with Gasteiger partial charge in [-0.05, 0) is 35.5 Å². The Labute approximate surface area is 194 Å². The fourth-order valence-electron chi connectivity index (χ4n) is 3.13. The fourth-order valence-corrected chi connectivity index (χ4v) is 4.14. The molecular formula is C21H22ClFN8S. The van der Waals surface area contributed by atoms with E-state index in [1.807, 2.05) is 37.4 Å². The number of hydrogen-bond donors (Lipinski definition) is 1. The molecule has 0 unspecified atom stereocenters. The largest absolute Gasteiger partial charge is 0.311 e. The molecule has 11 heteroatoms. The van der Waals surface area contributed by atoms with Crippen LogP contribution in [0.4, 0.5) is 4.39 Å². The predicted molar refractivity (Wildman–Crippen MR) is 122 cm³/mol. The van der Waals surface area contributed by atoms with Crippen molar-refractivity contribution < 1.29 is 4.39 Å². The standard InChI is InChI=1S/C21H22ClFN8S/c1-30-21(25-28-29-30)32-12-6-11-24-13-19-20(15-7-3-2-4-8-15)27-31(26-19)14-16-17(22)9-5-10-18(16)23/h2-5,7-10,24H,6,11-14H2,1H3. The van der Waals surface area contributed by atoms with Crippen molar-refractivity contribution in [1.29, 1.82) is 0 Å². The number of tetrazole rings is 1. The number of benzene rings is 2. The summed E-state index contributed by atoms with van der Waals surface area (Å²) in [6.45, 7) is 1.51. The van der Waals surface area contributed by atoms with E-state index in [-0.39, 0.29) is 12.4 Å². The van der Waals surface area contributed by atoms with Crippen molar-refractivity contribution in [2.75, 3.05) is 12.3 Å². The Morgan fingerprint density at radius 3 is 2.69 bits per heavy atom. The molecule has 8 nitrogen and oxygen atoms in total. The van der Waals surface area contributed by atoms with E-state index in [0.717, 1.165) is 40.8 Å². The maximum absolute atomic E-state index is 14.2. The first kappa shape index (κ1) is 22.4. The van der Waals surface area contributed by atoms with Crippen LogP contribution in [0.5, 0.6) is 0 Å². The number of aryl methyl sites for hydroxylation is 1. The van der Waals surface area contributed by atoms with Crippen molar-refractivity contribution in [3.8, 4) is 11.3 Å². The van der Waals surface area contributed by atoms with Gasteiger partial charge in [-0.3, -0.25) is 0 Å². The number of nitrogens with zero attached hydrogens (tertiary/aromatic N) is 7. The molecule has 2 aromatic carbocycles. The molecule has 4 rings (SSSR count). The molecule has 0 saturated carbocycles. The van der Waals surface area contributed by atoms with Crippen molar-refractivity contribution in [2.45, 2.75) is 24.7 Å². The zero-order valence-electron chi connectivity index (χ0n) is 17.4. The lowest BCUT2D eigenvalue weighted by molar-refractivity contribution is 0.543. The number of thioether (sulfide) groups is 1. The molecule has 4 aromatic rings. The molecule has 0 amide bonds. The van der Waals surface area contributed by atoms with Gasteiger partial charge in [0.2, 0.25) is 5.16 Å². The van der Waals surface area contributed by atoms with Gasteiger partial charge in [0.05, 0.1) is 6.54 Å². The maximum atomic E-state index is 14.2. The first-order chi connectivity index (χ1) is 15.6. The van der Waals surface area contributed by atoms with Gasteiger partial charge in [-0.25, -0.2) is 9.07 Å². The SMILES string of the molecule is Cn1nnnc1SCCCNCc1nn(Cc2c(F)cccc2Cl)nc1-c1ccccc1. The number of nitrogens with one attached hydrogen (secondary N) is 1. The van der Waals surface area contributed by atoms with E-state index < -0.39 is 0 Å². The van der Waals surface area contributed by atoms with E-state index in [0.29, 0.717) is 17.1 Å². The summed E-state index contributed by atoms with van der Waals surface area (Å²) >= 11 is 7.80. The zero-order valence-corrected chi connectivity index (χ0v) is 19.0. The van der Waals surface area contributed by atoms with Crippen molar-refractivity contribution in [2.24, 2.45) is 7.05 Å². The summed E-state index contributed by atoms with van der Waals surface area (Å²) in [5, 5.41) is 25.2. The molecule has 0 radical (unpaired) electrons. The summed E-state index contributed by atoms with van der Waals surface area (Å²) in [6.07, 6.45) is 0.942. The summed E-state index contributed by atoms with van der Waals surface area (Å²) in [5.74, 6) is 0.525. The Bertz CT molecular complexity index is 1140. The average molecular weight is 473 g/mol. The molecule has 0 bridgehead atoms. The normalized spacial score (nSPS) is 11.2. The zero-order chi connectivity index (χ0) is 22.3. The Kier molecular flexibility index (Phi) is 7.46. The van der Waals surface area contributed by atoms with E-state index in [1.165, 1.54) is 10.9 Å². The fraction of sp³-hybridized carbons (Fsp3) is 0.286. The number of halogens is 2. The second-order valence-corrected chi connectivity index (χ2v) is 8.53. The summed E-state index contributed by atoms with van der Waals surface area (Å²) in [7, 11) is 1.82. The number of aromatic nitrogens is 7. The molecule has 1 N–H and O–H groups in total. The van der Waals surface area contributed by atoms with E-state index >= 15 is 0 Å². The molecule has 32 heavy (non-hydrogen) atoms. The molecular weight excluding hydrogens is 451 g/mol. The first-order valence-corrected chi connectivity index (χ1v) is 11.5. The molecule has 0 saturated heterocycles.